The highest BCUT2D eigenvalue weighted by molar-refractivity contribution is 7.89. The Hall–Kier alpha value is -3.06. The molecule has 10 nitrogen and oxygen atoms in total. The molecular weight excluding hydrogens is 552 g/mol. The van der Waals surface area contributed by atoms with E-state index in [1.54, 1.807) is 0 Å². The van der Waals surface area contributed by atoms with Gasteiger partial charge in [-0.2, -0.15) is 0 Å². The number of anilines is 1. The van der Waals surface area contributed by atoms with Crippen molar-refractivity contribution >= 4 is 38.3 Å². The van der Waals surface area contributed by atoms with Crippen LogP contribution in [0.15, 0.2) is 48.1 Å². The first-order valence-electron chi connectivity index (χ1n) is 12.9. The second kappa shape index (κ2) is 11.4. The maximum Gasteiger partial charge on any atom is 0.253 e. The summed E-state index contributed by atoms with van der Waals surface area (Å²) in [7, 11) is -2.11. The van der Waals surface area contributed by atoms with Gasteiger partial charge in [-0.25, -0.2) is 13.4 Å². The van der Waals surface area contributed by atoms with Gasteiger partial charge in [0.2, 0.25) is 10.0 Å². The molecule has 0 bridgehead atoms. The summed E-state index contributed by atoms with van der Waals surface area (Å²) in [4.78, 5) is 30.3. The second-order valence-electron chi connectivity index (χ2n) is 11.4. The second-order valence-corrected chi connectivity index (χ2v) is 14.1. The maximum atomic E-state index is 13.0. The van der Waals surface area contributed by atoms with Crippen molar-refractivity contribution in [2.45, 2.75) is 63.7 Å². The summed E-state index contributed by atoms with van der Waals surface area (Å²) in [6.07, 6.45) is 5.33. The molecule has 1 aromatic carbocycles. The molecule has 1 aliphatic heterocycles. The summed E-state index contributed by atoms with van der Waals surface area (Å²) in [6, 6.07) is 8.66. The molecule has 4 rings (SSSR count). The van der Waals surface area contributed by atoms with Crippen molar-refractivity contribution in [2.24, 2.45) is 0 Å². The van der Waals surface area contributed by atoms with Crippen molar-refractivity contribution in [3.63, 3.8) is 0 Å². The van der Waals surface area contributed by atoms with E-state index >= 15 is 0 Å². The van der Waals surface area contributed by atoms with Crippen LogP contribution in [-0.4, -0.2) is 66.4 Å². The highest BCUT2D eigenvalue weighted by Crippen LogP contribution is 2.44. The van der Waals surface area contributed by atoms with Gasteiger partial charge in [-0.3, -0.25) is 13.6 Å². The van der Waals surface area contributed by atoms with Crippen molar-refractivity contribution in [2.75, 3.05) is 25.3 Å². The number of methoxy groups -OCH3 is 1. The number of thiazole rings is 1. The molecule has 1 aliphatic rings. The third kappa shape index (κ3) is 7.36. The number of rotatable bonds is 9. The van der Waals surface area contributed by atoms with Crippen molar-refractivity contribution in [3.05, 3.63) is 59.2 Å². The van der Waals surface area contributed by atoms with Crippen LogP contribution in [0.2, 0.25) is 0 Å². The Kier molecular flexibility index (Phi) is 8.55. The smallest absolute Gasteiger partial charge is 0.253 e. The Morgan fingerprint density at radius 2 is 1.90 bits per heavy atom. The highest BCUT2D eigenvalue weighted by Gasteiger charge is 2.39. The summed E-state index contributed by atoms with van der Waals surface area (Å²) >= 11 is 1.28. The number of nitrogens with zero attached hydrogens (tertiary/aromatic N) is 2. The fourth-order valence-corrected chi connectivity index (χ4v) is 6.55. The zero-order valence-corrected chi connectivity index (χ0v) is 25.2. The van der Waals surface area contributed by atoms with E-state index in [2.05, 4.69) is 55.4 Å². The van der Waals surface area contributed by atoms with E-state index in [9.17, 15) is 18.0 Å². The van der Waals surface area contributed by atoms with Crippen molar-refractivity contribution < 1.29 is 27.5 Å². The van der Waals surface area contributed by atoms with Gasteiger partial charge in [0.05, 0.1) is 35.3 Å². The van der Waals surface area contributed by atoms with Gasteiger partial charge >= 0.3 is 0 Å². The Balaban J connectivity index is 1.45. The van der Waals surface area contributed by atoms with Crippen LogP contribution < -0.4 is 10.6 Å². The minimum atomic E-state index is -3.53. The van der Waals surface area contributed by atoms with Crippen LogP contribution in [-0.2, 0) is 24.3 Å². The van der Waals surface area contributed by atoms with Crippen LogP contribution in [0, 0.1) is 0 Å². The standard InChI is InChI=1S/C28H36N4O6S2/c1-27(2)13-21(14-28(3,4)38-27)18-8-7-9-19(12-18)23-17-39-26(30-23)31-25(34)22(16-37-5)29-24(33)20-10-11-32(15-20)40(6,35)36/h7-12,15,17,21-22H,13-14,16H2,1-6H3,(H,29,33)(H,30,31,34)/t22-/m0/s1. The molecule has 2 aromatic heterocycles. The van der Waals surface area contributed by atoms with Crippen molar-refractivity contribution in [1.82, 2.24) is 14.3 Å². The minimum absolute atomic E-state index is 0.0809. The zero-order chi connectivity index (χ0) is 29.3. The Morgan fingerprint density at radius 1 is 1.20 bits per heavy atom. The van der Waals surface area contributed by atoms with E-state index in [0.29, 0.717) is 11.0 Å². The van der Waals surface area contributed by atoms with Crippen LogP contribution in [0.25, 0.3) is 11.3 Å². The van der Waals surface area contributed by atoms with Gasteiger partial charge in [0, 0.05) is 30.4 Å². The predicted octanol–water partition coefficient (Wildman–Crippen LogP) is 4.25. The first kappa shape index (κ1) is 29.9. The molecular formula is C28H36N4O6S2. The molecule has 1 atom stereocenters. The van der Waals surface area contributed by atoms with Gasteiger partial charge in [-0.15, -0.1) is 11.3 Å². The number of amides is 2. The Bertz CT molecular complexity index is 1480. The average Bonchev–Trinajstić information content (AvgIpc) is 3.52. The number of nitrogens with one attached hydrogen (secondary N) is 2. The summed E-state index contributed by atoms with van der Waals surface area (Å²) in [5, 5.41) is 7.62. The molecule has 0 aliphatic carbocycles. The van der Waals surface area contributed by atoms with Gasteiger partial charge in [0.1, 0.15) is 6.04 Å². The van der Waals surface area contributed by atoms with E-state index in [-0.39, 0.29) is 23.4 Å². The molecule has 1 saturated heterocycles. The SMILES string of the molecule is COC[C@H](NC(=O)c1ccn(S(C)(=O)=O)c1)C(=O)Nc1nc(-c2cccc(C3CC(C)(C)OC(C)(C)C3)c2)cs1. The topological polar surface area (TPSA) is 129 Å². The van der Waals surface area contributed by atoms with E-state index in [4.69, 9.17) is 9.47 Å². The monoisotopic (exact) mass is 588 g/mol. The molecule has 0 spiro atoms. The van der Waals surface area contributed by atoms with Gasteiger partial charge < -0.3 is 20.1 Å². The molecule has 2 N–H and O–H groups in total. The van der Waals surface area contributed by atoms with Crippen LogP contribution in [0.1, 0.15) is 62.4 Å². The fraction of sp³-hybridized carbons (Fsp3) is 0.464. The first-order chi connectivity index (χ1) is 18.7. The van der Waals surface area contributed by atoms with Crippen LogP contribution in [0.5, 0.6) is 0 Å². The molecule has 216 valence electrons. The zero-order valence-electron chi connectivity index (χ0n) is 23.6. The number of carbonyl (C=O) groups is 2. The lowest BCUT2D eigenvalue weighted by atomic mass is 9.77. The van der Waals surface area contributed by atoms with Crippen LogP contribution in [0.3, 0.4) is 0 Å². The molecule has 3 aromatic rings. The van der Waals surface area contributed by atoms with Gasteiger partial charge in [-0.1, -0.05) is 18.2 Å². The van der Waals surface area contributed by atoms with Gasteiger partial charge in [0.25, 0.3) is 11.8 Å². The first-order valence-corrected chi connectivity index (χ1v) is 15.6. The molecule has 12 heteroatoms. The number of aromatic nitrogens is 2. The lowest BCUT2D eigenvalue weighted by Crippen LogP contribution is -2.46. The third-order valence-electron chi connectivity index (χ3n) is 6.68. The predicted molar refractivity (Wildman–Crippen MR) is 155 cm³/mol. The number of carbonyl (C=O) groups excluding carboxylic acids is 2. The largest absolute Gasteiger partial charge is 0.382 e. The molecule has 2 amide bonds. The van der Waals surface area contributed by atoms with Gasteiger partial charge in [0.15, 0.2) is 5.13 Å². The molecule has 3 heterocycles. The maximum absolute atomic E-state index is 13.0. The van der Waals surface area contributed by atoms with E-state index < -0.39 is 27.9 Å². The lowest BCUT2D eigenvalue weighted by Gasteiger charge is -2.45. The Morgan fingerprint density at radius 3 is 2.52 bits per heavy atom. The lowest BCUT2D eigenvalue weighted by molar-refractivity contribution is -0.161. The minimum Gasteiger partial charge on any atom is -0.382 e. The number of hydrogen-bond acceptors (Lipinski definition) is 8. The summed E-state index contributed by atoms with van der Waals surface area (Å²) < 4.78 is 35.7. The summed E-state index contributed by atoms with van der Waals surface area (Å²) in [5.41, 5.74) is 2.59. The van der Waals surface area contributed by atoms with E-state index in [1.165, 1.54) is 42.5 Å². The highest BCUT2D eigenvalue weighted by atomic mass is 32.2. The number of hydrogen-bond donors (Lipinski definition) is 2. The van der Waals surface area contributed by atoms with E-state index in [1.807, 2.05) is 17.5 Å². The van der Waals surface area contributed by atoms with Gasteiger partial charge in [-0.05, 0) is 64.2 Å². The van der Waals surface area contributed by atoms with E-state index in [0.717, 1.165) is 34.3 Å². The average molecular weight is 589 g/mol. The normalized spacial score (nSPS) is 17.8. The van der Waals surface area contributed by atoms with Crippen molar-refractivity contribution in [3.8, 4) is 11.3 Å². The number of ether oxygens (including phenoxy) is 2. The number of benzene rings is 1. The third-order valence-corrected chi connectivity index (χ3v) is 8.44. The summed E-state index contributed by atoms with van der Waals surface area (Å²) in [5.74, 6) is -0.751. The molecule has 0 saturated carbocycles. The molecule has 40 heavy (non-hydrogen) atoms. The quantitative estimate of drug-likeness (QED) is 0.382. The molecule has 0 radical (unpaired) electrons. The Labute approximate surface area is 239 Å². The summed E-state index contributed by atoms with van der Waals surface area (Å²) in [6.45, 7) is 8.44. The van der Waals surface area contributed by atoms with Crippen LogP contribution in [0.4, 0.5) is 5.13 Å². The van der Waals surface area contributed by atoms with Crippen LogP contribution >= 0.6 is 11.3 Å². The van der Waals surface area contributed by atoms with Crippen molar-refractivity contribution in [1.29, 1.82) is 0 Å². The fourth-order valence-electron chi connectivity index (χ4n) is 5.24. The molecule has 0 unspecified atom stereocenters. The molecule has 1 fully saturated rings.